The molecule has 1 amide bonds. The van der Waals surface area contributed by atoms with E-state index in [-0.39, 0.29) is 22.9 Å². The van der Waals surface area contributed by atoms with Crippen LogP contribution >= 0.6 is 27.5 Å². The molecule has 0 spiro atoms. The van der Waals surface area contributed by atoms with Gasteiger partial charge in [-0.05, 0) is 52.5 Å². The van der Waals surface area contributed by atoms with Gasteiger partial charge in [-0.2, -0.15) is 4.98 Å². The summed E-state index contributed by atoms with van der Waals surface area (Å²) in [6, 6.07) is 3.41. The summed E-state index contributed by atoms with van der Waals surface area (Å²) >= 11 is 9.18. The van der Waals surface area contributed by atoms with E-state index in [1.54, 1.807) is 12.1 Å². The molecule has 2 aliphatic heterocycles. The first-order valence-electron chi connectivity index (χ1n) is 7.53. The van der Waals surface area contributed by atoms with E-state index in [1.807, 2.05) is 0 Å². The Morgan fingerprint density at radius 3 is 2.58 bits per heavy atom. The molecular weight excluding hydrogens is 403 g/mol. The standard InChI is InChI=1S/C15H13BrClFN4O2/c16-10-4-3-9-12(11(10)18)19-14(17)20-13(9)22-7-1-2-8(22)6-21(5-7)15(23)24/h3-4,7-8H,1-2,5-6H2,(H,23,24)/t7-,8?/m0/s1. The van der Waals surface area contributed by atoms with Gasteiger partial charge in [0.05, 0.1) is 4.47 Å². The third kappa shape index (κ3) is 2.39. The Bertz CT molecular complexity index is 838. The van der Waals surface area contributed by atoms with Crippen LogP contribution in [0, 0.1) is 5.82 Å². The maximum atomic E-state index is 14.4. The van der Waals surface area contributed by atoms with E-state index in [1.165, 1.54) is 4.90 Å². The molecule has 2 fully saturated rings. The van der Waals surface area contributed by atoms with Crippen molar-refractivity contribution < 1.29 is 14.3 Å². The molecule has 2 bridgehead atoms. The SMILES string of the molecule is O=C(O)N1CC2CC[C@@H](C1)N2c1nc(Cl)nc2c(F)c(Br)ccc12. The van der Waals surface area contributed by atoms with Crippen molar-refractivity contribution in [3.05, 3.63) is 27.7 Å². The van der Waals surface area contributed by atoms with Crippen LogP contribution in [0.5, 0.6) is 0 Å². The Morgan fingerprint density at radius 1 is 1.29 bits per heavy atom. The lowest BCUT2D eigenvalue weighted by Crippen LogP contribution is -2.55. The van der Waals surface area contributed by atoms with Gasteiger partial charge in [0.2, 0.25) is 5.28 Å². The molecular formula is C15H13BrClFN4O2. The van der Waals surface area contributed by atoms with E-state index < -0.39 is 11.9 Å². The number of rotatable bonds is 1. The lowest BCUT2D eigenvalue weighted by molar-refractivity contribution is 0.133. The van der Waals surface area contributed by atoms with Crippen molar-refractivity contribution in [1.29, 1.82) is 0 Å². The zero-order valence-corrected chi connectivity index (χ0v) is 14.8. The number of fused-ring (bicyclic) bond motifs is 3. The van der Waals surface area contributed by atoms with Crippen LogP contribution in [0.15, 0.2) is 16.6 Å². The molecule has 126 valence electrons. The molecule has 9 heteroatoms. The topological polar surface area (TPSA) is 69.6 Å². The Morgan fingerprint density at radius 2 is 1.96 bits per heavy atom. The Labute approximate surface area is 150 Å². The van der Waals surface area contributed by atoms with E-state index in [9.17, 15) is 14.3 Å². The highest BCUT2D eigenvalue weighted by atomic mass is 79.9. The average molecular weight is 416 g/mol. The molecule has 1 unspecified atom stereocenters. The van der Waals surface area contributed by atoms with Gasteiger partial charge in [0, 0.05) is 30.6 Å². The van der Waals surface area contributed by atoms with Gasteiger partial charge < -0.3 is 14.9 Å². The Hall–Kier alpha value is -1.67. The second kappa shape index (κ2) is 5.70. The van der Waals surface area contributed by atoms with Crippen molar-refractivity contribution in [2.24, 2.45) is 0 Å². The molecule has 0 radical (unpaired) electrons. The van der Waals surface area contributed by atoms with Crippen LogP contribution in [-0.4, -0.2) is 51.2 Å². The van der Waals surface area contributed by atoms with Crippen LogP contribution in [0.25, 0.3) is 10.9 Å². The molecule has 0 saturated carbocycles. The van der Waals surface area contributed by atoms with E-state index in [0.717, 1.165) is 12.8 Å². The van der Waals surface area contributed by atoms with Crippen molar-refractivity contribution >= 4 is 50.3 Å². The highest BCUT2D eigenvalue weighted by Gasteiger charge is 2.42. The Kier molecular flexibility index (Phi) is 3.76. The first-order valence-corrected chi connectivity index (χ1v) is 8.70. The zero-order valence-electron chi connectivity index (χ0n) is 12.4. The predicted octanol–water partition coefficient (Wildman–Crippen LogP) is 3.52. The largest absolute Gasteiger partial charge is 0.465 e. The minimum atomic E-state index is -0.910. The van der Waals surface area contributed by atoms with Crippen molar-refractivity contribution in [1.82, 2.24) is 14.9 Å². The summed E-state index contributed by atoms with van der Waals surface area (Å²) in [6.45, 7) is 0.821. The normalized spacial score (nSPS) is 23.1. The van der Waals surface area contributed by atoms with Gasteiger partial charge in [0.25, 0.3) is 0 Å². The van der Waals surface area contributed by atoms with Crippen LogP contribution in [0.1, 0.15) is 12.8 Å². The summed E-state index contributed by atoms with van der Waals surface area (Å²) in [5, 5.41) is 9.81. The lowest BCUT2D eigenvalue weighted by atomic mass is 10.1. The first kappa shape index (κ1) is 15.8. The van der Waals surface area contributed by atoms with Gasteiger partial charge in [-0.3, -0.25) is 0 Å². The van der Waals surface area contributed by atoms with Gasteiger partial charge in [-0.15, -0.1) is 0 Å². The van der Waals surface area contributed by atoms with Crippen molar-refractivity contribution in [2.45, 2.75) is 24.9 Å². The molecule has 1 N–H and O–H groups in total. The maximum absolute atomic E-state index is 14.4. The summed E-state index contributed by atoms with van der Waals surface area (Å²) < 4.78 is 14.7. The van der Waals surface area contributed by atoms with E-state index >= 15 is 0 Å². The van der Waals surface area contributed by atoms with E-state index in [2.05, 4.69) is 30.8 Å². The second-order valence-electron chi connectivity index (χ2n) is 6.05. The van der Waals surface area contributed by atoms with Gasteiger partial charge in [0.1, 0.15) is 11.3 Å². The summed E-state index contributed by atoms with van der Waals surface area (Å²) in [7, 11) is 0. The molecule has 1 aromatic heterocycles. The highest BCUT2D eigenvalue weighted by molar-refractivity contribution is 9.10. The number of piperazine rings is 1. The number of hydrogen-bond acceptors (Lipinski definition) is 4. The number of anilines is 1. The smallest absolute Gasteiger partial charge is 0.407 e. The predicted molar refractivity (Wildman–Crippen MR) is 91.1 cm³/mol. The molecule has 2 saturated heterocycles. The number of likely N-dealkylation sites (tertiary alicyclic amines) is 1. The summed E-state index contributed by atoms with van der Waals surface area (Å²) in [4.78, 5) is 23.2. The molecule has 6 nitrogen and oxygen atoms in total. The van der Waals surface area contributed by atoms with Crippen molar-refractivity contribution in [3.63, 3.8) is 0 Å². The third-order valence-electron chi connectivity index (χ3n) is 4.71. The summed E-state index contributed by atoms with van der Waals surface area (Å²) in [6.07, 6.45) is 0.833. The van der Waals surface area contributed by atoms with Crippen molar-refractivity contribution in [2.75, 3.05) is 18.0 Å². The van der Waals surface area contributed by atoms with E-state index in [4.69, 9.17) is 11.6 Å². The fourth-order valence-corrected chi connectivity index (χ4v) is 4.18. The van der Waals surface area contributed by atoms with Gasteiger partial charge >= 0.3 is 6.09 Å². The molecule has 2 atom stereocenters. The molecule has 1 aromatic carbocycles. The number of benzene rings is 1. The fraction of sp³-hybridized carbons (Fsp3) is 0.400. The summed E-state index contributed by atoms with van der Waals surface area (Å²) in [5.74, 6) is 0.100. The average Bonchev–Trinajstić information content (AvgIpc) is 2.79. The van der Waals surface area contributed by atoms with Crippen LogP contribution in [0.3, 0.4) is 0 Å². The summed E-state index contributed by atoms with van der Waals surface area (Å²) in [5.41, 5.74) is 0.166. The molecule has 24 heavy (non-hydrogen) atoms. The number of carbonyl (C=O) groups is 1. The van der Waals surface area contributed by atoms with Gasteiger partial charge in [0.15, 0.2) is 5.82 Å². The molecule has 3 heterocycles. The monoisotopic (exact) mass is 414 g/mol. The van der Waals surface area contributed by atoms with Crippen LogP contribution < -0.4 is 4.90 Å². The number of amides is 1. The maximum Gasteiger partial charge on any atom is 0.407 e. The van der Waals surface area contributed by atoms with Crippen molar-refractivity contribution in [3.8, 4) is 0 Å². The highest BCUT2D eigenvalue weighted by Crippen LogP contribution is 2.38. The number of halogens is 3. The Balaban J connectivity index is 1.83. The molecule has 4 rings (SSSR count). The molecule has 0 aliphatic carbocycles. The second-order valence-corrected chi connectivity index (χ2v) is 7.25. The first-order chi connectivity index (χ1) is 11.5. The molecule has 2 aliphatic rings. The third-order valence-corrected chi connectivity index (χ3v) is 5.49. The fourth-order valence-electron chi connectivity index (χ4n) is 3.70. The van der Waals surface area contributed by atoms with Gasteiger partial charge in [-0.1, -0.05) is 0 Å². The quantitative estimate of drug-likeness (QED) is 0.722. The number of aromatic nitrogens is 2. The minimum Gasteiger partial charge on any atom is -0.465 e. The van der Waals surface area contributed by atoms with Gasteiger partial charge in [-0.25, -0.2) is 14.2 Å². The number of hydrogen-bond donors (Lipinski definition) is 1. The van der Waals surface area contributed by atoms with Crippen LogP contribution in [0.4, 0.5) is 15.0 Å². The number of nitrogens with zero attached hydrogens (tertiary/aromatic N) is 4. The number of carboxylic acid groups (broad SMARTS) is 1. The van der Waals surface area contributed by atoms with Crippen LogP contribution in [0.2, 0.25) is 5.28 Å². The van der Waals surface area contributed by atoms with Crippen LogP contribution in [-0.2, 0) is 0 Å². The lowest BCUT2D eigenvalue weighted by Gasteiger charge is -2.41. The zero-order chi connectivity index (χ0) is 17.0. The minimum absolute atomic E-state index is 0.0146. The van der Waals surface area contributed by atoms with E-state index in [0.29, 0.717) is 28.8 Å². The molecule has 2 aromatic rings.